The van der Waals surface area contributed by atoms with Crippen molar-refractivity contribution in [1.29, 1.82) is 0 Å². The van der Waals surface area contributed by atoms with Crippen LogP contribution in [0.15, 0.2) is 47.3 Å². The summed E-state index contributed by atoms with van der Waals surface area (Å²) in [5.74, 6) is 1.20. The van der Waals surface area contributed by atoms with Gasteiger partial charge in [-0.3, -0.25) is 9.59 Å². The van der Waals surface area contributed by atoms with Crippen molar-refractivity contribution in [3.05, 3.63) is 54.0 Å². The van der Waals surface area contributed by atoms with Crippen LogP contribution >= 0.6 is 0 Å². The number of hydrogen-bond donors (Lipinski definition) is 1. The van der Waals surface area contributed by atoms with Crippen molar-refractivity contribution < 1.29 is 23.5 Å². The van der Waals surface area contributed by atoms with Crippen LogP contribution in [0.5, 0.6) is 11.5 Å². The Hall–Kier alpha value is -3.22. The Labute approximate surface area is 183 Å². The predicted octanol–water partition coefficient (Wildman–Crippen LogP) is 3.90. The maximum atomic E-state index is 12.4. The Balaban J connectivity index is 1.50. The van der Waals surface area contributed by atoms with E-state index in [1.807, 2.05) is 25.1 Å². The second-order valence-electron chi connectivity index (χ2n) is 7.41. The number of hydrogen-bond acceptors (Lipinski definition) is 5. The van der Waals surface area contributed by atoms with E-state index in [1.165, 1.54) is 18.6 Å². The van der Waals surface area contributed by atoms with Crippen molar-refractivity contribution in [2.45, 2.75) is 39.2 Å². The number of carbonyl (C=O) groups excluding carboxylic acids is 2. The number of benzene rings is 1. The molecule has 0 spiro atoms. The molecule has 0 bridgehead atoms. The van der Waals surface area contributed by atoms with E-state index in [9.17, 15) is 9.59 Å². The minimum Gasteiger partial charge on any atom is -0.490 e. The maximum absolute atomic E-state index is 12.4. The number of nitrogens with zero attached hydrogens (tertiary/aromatic N) is 1. The van der Waals surface area contributed by atoms with Gasteiger partial charge >= 0.3 is 0 Å². The number of piperidine rings is 1. The molecule has 7 heteroatoms. The normalized spacial score (nSPS) is 14.6. The number of nitrogens with one attached hydrogen (secondary N) is 1. The first-order valence-electron chi connectivity index (χ1n) is 10.8. The average Bonchev–Trinajstić information content (AvgIpc) is 3.32. The van der Waals surface area contributed by atoms with E-state index in [1.54, 1.807) is 17.0 Å². The first kappa shape index (κ1) is 22.5. The van der Waals surface area contributed by atoms with Gasteiger partial charge in [-0.15, -0.1) is 0 Å². The quantitative estimate of drug-likeness (QED) is 0.615. The summed E-state index contributed by atoms with van der Waals surface area (Å²) in [7, 11) is 0. The molecular formula is C24H30N2O5. The van der Waals surface area contributed by atoms with Crippen LogP contribution in [-0.2, 0) is 4.79 Å². The highest BCUT2D eigenvalue weighted by atomic mass is 16.5. The fourth-order valence-electron chi connectivity index (χ4n) is 3.44. The van der Waals surface area contributed by atoms with Gasteiger partial charge in [0.1, 0.15) is 6.26 Å². The Morgan fingerprint density at radius 3 is 2.65 bits per heavy atom. The van der Waals surface area contributed by atoms with Crippen LogP contribution in [-0.4, -0.2) is 49.1 Å². The largest absolute Gasteiger partial charge is 0.490 e. The monoisotopic (exact) mass is 426 g/mol. The van der Waals surface area contributed by atoms with Gasteiger partial charge in [0, 0.05) is 25.2 Å². The molecule has 1 fully saturated rings. The molecule has 1 saturated heterocycles. The maximum Gasteiger partial charge on any atom is 0.257 e. The van der Waals surface area contributed by atoms with E-state index in [0.29, 0.717) is 43.4 Å². The van der Waals surface area contributed by atoms with Gasteiger partial charge in [-0.05, 0) is 56.0 Å². The van der Waals surface area contributed by atoms with Gasteiger partial charge in [0.25, 0.3) is 5.91 Å². The minimum absolute atomic E-state index is 0.0325. The van der Waals surface area contributed by atoms with E-state index in [4.69, 9.17) is 13.9 Å². The minimum atomic E-state index is -0.149. The molecule has 7 nitrogen and oxygen atoms in total. The van der Waals surface area contributed by atoms with Gasteiger partial charge in [0.2, 0.25) is 5.91 Å². The number of likely N-dealkylation sites (tertiary alicyclic amines) is 1. The van der Waals surface area contributed by atoms with Crippen molar-refractivity contribution in [2.75, 3.05) is 26.3 Å². The molecule has 1 aliphatic rings. The Morgan fingerprint density at radius 1 is 1.16 bits per heavy atom. The van der Waals surface area contributed by atoms with Gasteiger partial charge in [-0.1, -0.05) is 13.0 Å². The van der Waals surface area contributed by atoms with Crippen LogP contribution in [0.1, 0.15) is 49.0 Å². The third-order valence-electron chi connectivity index (χ3n) is 5.05. The van der Waals surface area contributed by atoms with Gasteiger partial charge in [0.15, 0.2) is 11.5 Å². The number of ether oxygens (including phenoxy) is 2. The molecule has 3 rings (SSSR count). The van der Waals surface area contributed by atoms with Crippen molar-refractivity contribution in [3.8, 4) is 11.5 Å². The summed E-state index contributed by atoms with van der Waals surface area (Å²) in [5.41, 5.74) is 1.42. The van der Waals surface area contributed by atoms with E-state index < -0.39 is 0 Å². The summed E-state index contributed by atoms with van der Waals surface area (Å²) < 4.78 is 16.4. The predicted molar refractivity (Wildman–Crippen MR) is 118 cm³/mol. The number of carbonyl (C=O) groups is 2. The third kappa shape index (κ3) is 6.38. The van der Waals surface area contributed by atoms with Gasteiger partial charge < -0.3 is 24.1 Å². The lowest BCUT2D eigenvalue weighted by atomic mass is 10.0. The van der Waals surface area contributed by atoms with Gasteiger partial charge in [0.05, 0.1) is 25.0 Å². The third-order valence-corrected chi connectivity index (χ3v) is 5.05. The summed E-state index contributed by atoms with van der Waals surface area (Å²) in [6, 6.07) is 7.36. The van der Waals surface area contributed by atoms with Crippen LogP contribution in [0.2, 0.25) is 0 Å². The van der Waals surface area contributed by atoms with E-state index in [2.05, 4.69) is 12.2 Å². The summed E-state index contributed by atoms with van der Waals surface area (Å²) >= 11 is 0. The molecule has 0 unspecified atom stereocenters. The van der Waals surface area contributed by atoms with Crippen LogP contribution in [0.25, 0.3) is 6.08 Å². The van der Waals surface area contributed by atoms with Crippen molar-refractivity contribution >= 4 is 17.9 Å². The fraction of sp³-hybridized carbons (Fsp3) is 0.417. The lowest BCUT2D eigenvalue weighted by Crippen LogP contribution is -2.46. The SMILES string of the molecule is CCCOc1ccc(/C=C/C(=O)NC2CCN(C(=O)c3ccoc3)CC2)cc1OCC. The van der Waals surface area contributed by atoms with Crippen LogP contribution < -0.4 is 14.8 Å². The summed E-state index contributed by atoms with van der Waals surface area (Å²) in [6.45, 7) is 6.36. The fourth-order valence-corrected chi connectivity index (χ4v) is 3.44. The number of furan rings is 1. The molecule has 166 valence electrons. The topological polar surface area (TPSA) is 81.0 Å². The first-order valence-corrected chi connectivity index (χ1v) is 10.8. The zero-order chi connectivity index (χ0) is 22.1. The summed E-state index contributed by atoms with van der Waals surface area (Å²) in [5, 5.41) is 3.02. The molecule has 0 saturated carbocycles. The molecule has 2 amide bonds. The van der Waals surface area contributed by atoms with Gasteiger partial charge in [-0.25, -0.2) is 0 Å². The second kappa shape index (κ2) is 11.2. The second-order valence-corrected chi connectivity index (χ2v) is 7.41. The van der Waals surface area contributed by atoms with E-state index in [0.717, 1.165) is 24.8 Å². The van der Waals surface area contributed by atoms with Crippen molar-refractivity contribution in [2.24, 2.45) is 0 Å². The molecule has 1 aromatic carbocycles. The first-order chi connectivity index (χ1) is 15.1. The lowest BCUT2D eigenvalue weighted by molar-refractivity contribution is -0.117. The molecule has 2 heterocycles. The summed E-state index contributed by atoms with van der Waals surface area (Å²) in [6.07, 6.45) is 8.61. The Morgan fingerprint density at radius 2 is 1.97 bits per heavy atom. The molecule has 0 atom stereocenters. The molecule has 0 aliphatic carbocycles. The van der Waals surface area contributed by atoms with Crippen molar-refractivity contribution in [3.63, 3.8) is 0 Å². The molecule has 1 N–H and O–H groups in total. The van der Waals surface area contributed by atoms with E-state index in [-0.39, 0.29) is 17.9 Å². The number of amides is 2. The Bertz CT molecular complexity index is 883. The lowest BCUT2D eigenvalue weighted by Gasteiger charge is -2.32. The summed E-state index contributed by atoms with van der Waals surface area (Å²) in [4.78, 5) is 26.5. The van der Waals surface area contributed by atoms with Crippen LogP contribution in [0, 0.1) is 0 Å². The van der Waals surface area contributed by atoms with E-state index >= 15 is 0 Å². The molecule has 1 aliphatic heterocycles. The Kier molecular flexibility index (Phi) is 8.15. The zero-order valence-electron chi connectivity index (χ0n) is 18.1. The van der Waals surface area contributed by atoms with Crippen LogP contribution in [0.4, 0.5) is 0 Å². The highest BCUT2D eigenvalue weighted by Crippen LogP contribution is 2.29. The smallest absolute Gasteiger partial charge is 0.257 e. The van der Waals surface area contributed by atoms with Crippen LogP contribution in [0.3, 0.4) is 0 Å². The average molecular weight is 427 g/mol. The molecular weight excluding hydrogens is 396 g/mol. The molecule has 0 radical (unpaired) electrons. The molecule has 1 aromatic heterocycles. The molecule has 31 heavy (non-hydrogen) atoms. The zero-order valence-corrected chi connectivity index (χ0v) is 18.1. The highest BCUT2D eigenvalue weighted by molar-refractivity contribution is 5.94. The standard InChI is InChI=1S/C24H30N2O5/c1-3-14-31-21-7-5-18(16-22(21)30-4-2)6-8-23(27)25-20-9-12-26(13-10-20)24(28)19-11-15-29-17-19/h5-8,11,15-17,20H,3-4,9-10,12-14H2,1-2H3,(H,25,27)/b8-6+. The van der Waals surface area contributed by atoms with Gasteiger partial charge in [-0.2, -0.15) is 0 Å². The van der Waals surface area contributed by atoms with Crippen molar-refractivity contribution in [1.82, 2.24) is 10.2 Å². The highest BCUT2D eigenvalue weighted by Gasteiger charge is 2.24. The molecule has 2 aromatic rings. The number of rotatable bonds is 9.